The van der Waals surface area contributed by atoms with Gasteiger partial charge in [-0.1, -0.05) is 6.07 Å². The van der Waals surface area contributed by atoms with Gasteiger partial charge in [0.25, 0.3) is 0 Å². The van der Waals surface area contributed by atoms with E-state index in [4.69, 9.17) is 5.11 Å². The van der Waals surface area contributed by atoms with E-state index in [9.17, 15) is 4.79 Å². The molecule has 1 aromatic carbocycles. The number of anilines is 1. The fraction of sp³-hybridized carbons (Fsp3) is 0.611. The summed E-state index contributed by atoms with van der Waals surface area (Å²) in [7, 11) is 0. The largest absolute Gasteiger partial charge is 0.395 e. The van der Waals surface area contributed by atoms with Crippen molar-refractivity contribution in [1.29, 1.82) is 0 Å². The Morgan fingerprint density at radius 2 is 1.71 bits per heavy atom. The highest BCUT2D eigenvalue weighted by Crippen LogP contribution is 2.24. The van der Waals surface area contributed by atoms with Crippen LogP contribution in [0.2, 0.25) is 0 Å². The highest BCUT2D eigenvalue weighted by molar-refractivity contribution is 5.91. The fourth-order valence-corrected chi connectivity index (χ4v) is 3.51. The van der Waals surface area contributed by atoms with Crippen molar-refractivity contribution >= 4 is 24.0 Å². The van der Waals surface area contributed by atoms with Gasteiger partial charge in [0.15, 0.2) is 0 Å². The lowest BCUT2D eigenvalue weighted by Crippen LogP contribution is -2.47. The van der Waals surface area contributed by atoms with Gasteiger partial charge in [0, 0.05) is 51.4 Å². The third kappa shape index (κ3) is 5.18. The van der Waals surface area contributed by atoms with Crippen molar-refractivity contribution in [2.75, 3.05) is 51.2 Å². The van der Waals surface area contributed by atoms with Gasteiger partial charge in [-0.25, -0.2) is 0 Å². The van der Waals surface area contributed by atoms with E-state index >= 15 is 0 Å². The van der Waals surface area contributed by atoms with Crippen LogP contribution in [-0.4, -0.2) is 66.7 Å². The first kappa shape index (κ1) is 19.2. The van der Waals surface area contributed by atoms with Crippen molar-refractivity contribution in [3.8, 4) is 0 Å². The number of piperazine rings is 1. The van der Waals surface area contributed by atoms with Crippen molar-refractivity contribution in [2.24, 2.45) is 0 Å². The Balaban J connectivity index is 0.00000208. The highest BCUT2D eigenvalue weighted by Gasteiger charge is 2.17. The first-order valence-electron chi connectivity index (χ1n) is 8.72. The molecule has 6 heteroatoms. The van der Waals surface area contributed by atoms with Crippen LogP contribution in [0.4, 0.5) is 5.69 Å². The Labute approximate surface area is 150 Å². The molecule has 1 heterocycles. The number of rotatable bonds is 6. The summed E-state index contributed by atoms with van der Waals surface area (Å²) in [5.74, 6) is 0.0979. The zero-order valence-corrected chi connectivity index (χ0v) is 15.0. The average molecular weight is 354 g/mol. The van der Waals surface area contributed by atoms with Crippen LogP contribution in [0.15, 0.2) is 18.2 Å². The number of benzene rings is 1. The predicted octanol–water partition coefficient (Wildman–Crippen LogP) is 1.54. The molecule has 1 aliphatic heterocycles. The lowest BCUT2D eigenvalue weighted by atomic mass is 10.1. The van der Waals surface area contributed by atoms with E-state index in [1.807, 2.05) is 6.07 Å². The molecule has 1 aromatic rings. The van der Waals surface area contributed by atoms with Gasteiger partial charge < -0.3 is 15.3 Å². The monoisotopic (exact) mass is 353 g/mol. The topological polar surface area (TPSA) is 55.8 Å². The van der Waals surface area contributed by atoms with Gasteiger partial charge >= 0.3 is 0 Å². The molecule has 0 aromatic heterocycles. The van der Waals surface area contributed by atoms with E-state index in [2.05, 4.69) is 27.2 Å². The molecule has 5 nitrogen and oxygen atoms in total. The number of β-amino-alcohol motifs (C(OH)–C–C–N with tert-alkyl or cyclic N) is 1. The second-order valence-corrected chi connectivity index (χ2v) is 6.54. The number of amides is 1. The van der Waals surface area contributed by atoms with E-state index in [-0.39, 0.29) is 24.9 Å². The molecular weight excluding hydrogens is 326 g/mol. The number of hydrogen-bond acceptors (Lipinski definition) is 4. The van der Waals surface area contributed by atoms with Crippen molar-refractivity contribution in [3.63, 3.8) is 0 Å². The first-order chi connectivity index (χ1) is 11.2. The van der Waals surface area contributed by atoms with Crippen LogP contribution >= 0.6 is 12.4 Å². The minimum atomic E-state index is 0. The van der Waals surface area contributed by atoms with Gasteiger partial charge in [0.05, 0.1) is 6.61 Å². The van der Waals surface area contributed by atoms with E-state index in [1.54, 1.807) is 0 Å². The average Bonchev–Trinajstić information content (AvgIpc) is 3.02. The normalized spacial score (nSPS) is 18.0. The van der Waals surface area contributed by atoms with E-state index in [0.29, 0.717) is 6.42 Å². The van der Waals surface area contributed by atoms with Crippen LogP contribution in [0.25, 0.3) is 0 Å². The second-order valence-electron chi connectivity index (χ2n) is 6.54. The van der Waals surface area contributed by atoms with Crippen molar-refractivity contribution in [2.45, 2.75) is 25.7 Å². The van der Waals surface area contributed by atoms with Gasteiger partial charge in [-0.2, -0.15) is 0 Å². The second kappa shape index (κ2) is 9.37. The summed E-state index contributed by atoms with van der Waals surface area (Å²) in [6.45, 7) is 5.71. The molecule has 1 amide bonds. The SMILES string of the molecule is Cl.O=C(CCN1CCN(CCO)CC1)Nc1ccc2c(c1)CCC2. The van der Waals surface area contributed by atoms with Crippen LogP contribution in [-0.2, 0) is 17.6 Å². The number of nitrogens with zero attached hydrogens (tertiary/aromatic N) is 2. The standard InChI is InChI=1S/C18H27N3O2.ClH/c22-13-12-21-10-8-20(9-11-21)7-6-18(23)19-17-5-4-15-2-1-3-16(15)14-17;/h4-5,14,22H,1-3,6-13H2,(H,19,23);1H. The van der Waals surface area contributed by atoms with Crippen molar-refractivity contribution in [1.82, 2.24) is 9.80 Å². The van der Waals surface area contributed by atoms with Crippen LogP contribution in [0, 0.1) is 0 Å². The number of hydrogen-bond donors (Lipinski definition) is 2. The first-order valence-corrected chi connectivity index (χ1v) is 8.72. The van der Waals surface area contributed by atoms with Gasteiger partial charge in [-0.3, -0.25) is 9.69 Å². The molecule has 24 heavy (non-hydrogen) atoms. The minimum Gasteiger partial charge on any atom is -0.395 e. The number of aliphatic hydroxyl groups is 1. The number of carbonyl (C=O) groups excluding carboxylic acids is 1. The van der Waals surface area contributed by atoms with Crippen LogP contribution < -0.4 is 5.32 Å². The lowest BCUT2D eigenvalue weighted by molar-refractivity contribution is -0.116. The molecule has 2 aliphatic rings. The zero-order valence-electron chi connectivity index (χ0n) is 14.2. The Bertz CT molecular complexity index is 545. The third-order valence-corrected chi connectivity index (χ3v) is 4.92. The number of halogens is 1. The molecule has 3 rings (SSSR count). The molecule has 0 spiro atoms. The number of aliphatic hydroxyl groups excluding tert-OH is 1. The Hall–Kier alpha value is -1.14. The smallest absolute Gasteiger partial charge is 0.225 e. The molecule has 0 radical (unpaired) electrons. The summed E-state index contributed by atoms with van der Waals surface area (Å²) in [5.41, 5.74) is 3.76. The molecule has 134 valence electrons. The lowest BCUT2D eigenvalue weighted by Gasteiger charge is -2.34. The molecule has 0 atom stereocenters. The molecule has 1 fully saturated rings. The van der Waals surface area contributed by atoms with E-state index < -0.39 is 0 Å². The van der Waals surface area contributed by atoms with Crippen molar-refractivity contribution in [3.05, 3.63) is 29.3 Å². The molecule has 1 saturated heterocycles. The summed E-state index contributed by atoms with van der Waals surface area (Å²) in [5, 5.41) is 12.0. The molecule has 1 aliphatic carbocycles. The Morgan fingerprint density at radius 3 is 2.42 bits per heavy atom. The van der Waals surface area contributed by atoms with Gasteiger partial charge in [-0.15, -0.1) is 12.4 Å². The number of carbonyl (C=O) groups is 1. The zero-order chi connectivity index (χ0) is 16.1. The summed E-state index contributed by atoms with van der Waals surface area (Å²) < 4.78 is 0. The maximum atomic E-state index is 12.1. The number of nitrogens with one attached hydrogen (secondary N) is 1. The highest BCUT2D eigenvalue weighted by atomic mass is 35.5. The molecule has 0 saturated carbocycles. The van der Waals surface area contributed by atoms with Gasteiger partial charge in [0.2, 0.25) is 5.91 Å². The third-order valence-electron chi connectivity index (χ3n) is 4.92. The maximum absolute atomic E-state index is 12.1. The Morgan fingerprint density at radius 1 is 1.04 bits per heavy atom. The molecule has 0 unspecified atom stereocenters. The minimum absolute atomic E-state index is 0. The summed E-state index contributed by atoms with van der Waals surface area (Å²) in [6, 6.07) is 6.31. The molecule has 0 bridgehead atoms. The van der Waals surface area contributed by atoms with E-state index in [0.717, 1.165) is 51.4 Å². The summed E-state index contributed by atoms with van der Waals surface area (Å²) in [6.07, 6.45) is 4.08. The molecular formula is C18H28ClN3O2. The van der Waals surface area contributed by atoms with Crippen LogP contribution in [0.3, 0.4) is 0 Å². The van der Waals surface area contributed by atoms with Gasteiger partial charge in [0.1, 0.15) is 0 Å². The molecule has 2 N–H and O–H groups in total. The number of fused-ring (bicyclic) bond motifs is 1. The predicted molar refractivity (Wildman–Crippen MR) is 98.9 cm³/mol. The van der Waals surface area contributed by atoms with Gasteiger partial charge in [-0.05, 0) is 42.5 Å². The summed E-state index contributed by atoms with van der Waals surface area (Å²) in [4.78, 5) is 16.7. The number of aryl methyl sites for hydroxylation is 2. The van der Waals surface area contributed by atoms with Crippen LogP contribution in [0.1, 0.15) is 24.0 Å². The Kier molecular flexibility index (Phi) is 7.49. The summed E-state index contributed by atoms with van der Waals surface area (Å²) >= 11 is 0. The fourth-order valence-electron chi connectivity index (χ4n) is 3.51. The van der Waals surface area contributed by atoms with Crippen molar-refractivity contribution < 1.29 is 9.90 Å². The maximum Gasteiger partial charge on any atom is 0.225 e. The quantitative estimate of drug-likeness (QED) is 0.814. The van der Waals surface area contributed by atoms with Crippen LogP contribution in [0.5, 0.6) is 0 Å². The van der Waals surface area contributed by atoms with E-state index in [1.165, 1.54) is 24.0 Å².